The summed E-state index contributed by atoms with van der Waals surface area (Å²) in [6.45, 7) is 1.83. The Bertz CT molecular complexity index is 591. The lowest BCUT2D eigenvalue weighted by Gasteiger charge is -2.25. The van der Waals surface area contributed by atoms with Crippen LogP contribution < -0.4 is 16.8 Å². The van der Waals surface area contributed by atoms with Crippen molar-refractivity contribution in [1.29, 1.82) is 0 Å². The second kappa shape index (κ2) is 4.11. The first-order chi connectivity index (χ1) is 8.68. The Morgan fingerprint density at radius 3 is 3.00 bits per heavy atom. The topological polar surface area (TPSA) is 102 Å². The van der Waals surface area contributed by atoms with Gasteiger partial charge in [-0.3, -0.25) is 5.10 Å². The van der Waals surface area contributed by atoms with E-state index in [-0.39, 0.29) is 17.4 Å². The van der Waals surface area contributed by atoms with Crippen molar-refractivity contribution in [3.05, 3.63) is 17.4 Å². The van der Waals surface area contributed by atoms with Gasteiger partial charge in [-0.25, -0.2) is 4.39 Å². The van der Waals surface area contributed by atoms with Gasteiger partial charge < -0.3 is 21.5 Å². The van der Waals surface area contributed by atoms with Crippen molar-refractivity contribution in [3.8, 4) is 0 Å². The van der Waals surface area contributed by atoms with Gasteiger partial charge in [0, 0.05) is 29.7 Å². The fourth-order valence-electron chi connectivity index (χ4n) is 2.25. The molecule has 0 aliphatic carbocycles. The van der Waals surface area contributed by atoms with Crippen LogP contribution >= 0.6 is 0 Å². The number of benzene rings is 1. The zero-order valence-corrected chi connectivity index (χ0v) is 9.66. The highest BCUT2D eigenvalue weighted by atomic mass is 19.1. The van der Waals surface area contributed by atoms with E-state index in [0.29, 0.717) is 29.8 Å². The molecule has 2 aromatic rings. The van der Waals surface area contributed by atoms with Crippen LogP contribution in [0.3, 0.4) is 0 Å². The zero-order chi connectivity index (χ0) is 12.7. The highest BCUT2D eigenvalue weighted by molar-refractivity contribution is 5.92. The minimum atomic E-state index is -0.442. The number of nitrogens with zero attached hydrogens (tertiary/aromatic N) is 1. The van der Waals surface area contributed by atoms with Gasteiger partial charge in [-0.1, -0.05) is 0 Å². The smallest absolute Gasteiger partial charge is 0.156 e. The van der Waals surface area contributed by atoms with E-state index in [1.807, 2.05) is 0 Å². The maximum atomic E-state index is 14.4. The van der Waals surface area contributed by atoms with Gasteiger partial charge >= 0.3 is 0 Å². The number of aromatic nitrogens is 2. The van der Waals surface area contributed by atoms with E-state index >= 15 is 0 Å². The molecule has 1 atom stereocenters. The van der Waals surface area contributed by atoms with Crippen molar-refractivity contribution in [2.75, 3.05) is 31.2 Å². The van der Waals surface area contributed by atoms with Crippen molar-refractivity contribution in [3.63, 3.8) is 0 Å². The Kier molecular flexibility index (Phi) is 2.57. The van der Waals surface area contributed by atoms with E-state index in [1.165, 1.54) is 0 Å². The number of hydrogen-bond acceptors (Lipinski definition) is 5. The first kappa shape index (κ1) is 11.2. The largest absolute Gasteiger partial charge is 0.398 e. The fourth-order valence-corrected chi connectivity index (χ4v) is 2.25. The average Bonchev–Trinajstić information content (AvgIpc) is 2.73. The Morgan fingerprint density at radius 2 is 2.28 bits per heavy atom. The van der Waals surface area contributed by atoms with Crippen LogP contribution in [0.4, 0.5) is 15.9 Å². The summed E-state index contributed by atoms with van der Waals surface area (Å²) >= 11 is 0. The normalized spacial score (nSPS) is 20.4. The van der Waals surface area contributed by atoms with E-state index in [9.17, 15) is 4.39 Å². The van der Waals surface area contributed by atoms with Crippen LogP contribution in [0.25, 0.3) is 10.9 Å². The van der Waals surface area contributed by atoms with Crippen LogP contribution in [-0.4, -0.2) is 29.9 Å². The summed E-state index contributed by atoms with van der Waals surface area (Å²) in [6.07, 6.45) is -0.382. The Morgan fingerprint density at radius 1 is 1.44 bits per heavy atom. The minimum absolute atomic E-state index is 0.241. The number of anilines is 2. The molecule has 7 heteroatoms. The first-order valence-electron chi connectivity index (χ1n) is 5.72. The zero-order valence-electron chi connectivity index (χ0n) is 9.66. The summed E-state index contributed by atoms with van der Waals surface area (Å²) in [5.41, 5.74) is 12.5. The monoisotopic (exact) mass is 251 g/mol. The molecule has 1 aromatic carbocycles. The average molecular weight is 251 g/mol. The van der Waals surface area contributed by atoms with Crippen LogP contribution in [0.5, 0.6) is 0 Å². The number of rotatable bonds is 1. The van der Waals surface area contributed by atoms with Crippen LogP contribution in [-0.2, 0) is 4.74 Å². The van der Waals surface area contributed by atoms with Crippen molar-refractivity contribution < 1.29 is 9.13 Å². The third kappa shape index (κ3) is 1.59. The van der Waals surface area contributed by atoms with E-state index in [4.69, 9.17) is 16.2 Å². The Labute approximate surface area is 102 Å². The van der Waals surface area contributed by atoms with Gasteiger partial charge in [0.25, 0.3) is 0 Å². The number of halogens is 1. The van der Waals surface area contributed by atoms with E-state index < -0.39 is 5.82 Å². The molecule has 0 bridgehead atoms. The van der Waals surface area contributed by atoms with Crippen LogP contribution in [0, 0.1) is 5.82 Å². The maximum Gasteiger partial charge on any atom is 0.156 e. The molecule has 3 rings (SSSR count). The van der Waals surface area contributed by atoms with Gasteiger partial charge in [-0.05, 0) is 6.07 Å². The van der Waals surface area contributed by atoms with Crippen molar-refractivity contribution in [2.45, 2.75) is 6.10 Å². The van der Waals surface area contributed by atoms with Gasteiger partial charge in [0.05, 0.1) is 12.7 Å². The van der Waals surface area contributed by atoms with Gasteiger partial charge in [-0.15, -0.1) is 0 Å². The molecular weight excluding hydrogens is 237 g/mol. The number of nitrogens with one attached hydrogen (secondary N) is 2. The lowest BCUT2D eigenvalue weighted by Crippen LogP contribution is -2.34. The molecule has 0 radical (unpaired) electrons. The molecule has 96 valence electrons. The Hall–Kier alpha value is -1.86. The summed E-state index contributed by atoms with van der Waals surface area (Å²) in [7, 11) is 0. The molecule has 6 nitrogen and oxygen atoms in total. The summed E-state index contributed by atoms with van der Waals surface area (Å²) in [4.78, 5) is 0. The number of aromatic amines is 1. The summed E-state index contributed by atoms with van der Waals surface area (Å²) in [6, 6.07) is 1.63. The number of morpholine rings is 1. The molecule has 0 spiro atoms. The number of nitrogens with two attached hydrogens (primary N) is 2. The predicted octanol–water partition coefficient (Wildman–Crippen LogP) is 0.527. The molecule has 1 unspecified atom stereocenters. The number of hydrogen-bond donors (Lipinski definition) is 4. The standard InChI is InChI=1S/C11H14FN5O/c12-9-8(7-4-15-1-2-18-7)6(13)3-5-10(9)16-17-11(5)14/h3,7,15H,1-2,4,13H2,(H3,14,16,17). The Balaban J connectivity index is 2.16. The van der Waals surface area contributed by atoms with Crippen molar-refractivity contribution >= 4 is 22.4 Å². The minimum Gasteiger partial charge on any atom is -0.398 e. The van der Waals surface area contributed by atoms with Gasteiger partial charge in [-0.2, -0.15) is 5.10 Å². The second-order valence-electron chi connectivity index (χ2n) is 4.29. The van der Waals surface area contributed by atoms with Crippen LogP contribution in [0.2, 0.25) is 0 Å². The summed E-state index contributed by atoms with van der Waals surface area (Å²) in [5, 5.41) is 10.0. The van der Waals surface area contributed by atoms with Gasteiger partial charge in [0.1, 0.15) is 5.52 Å². The molecule has 6 N–H and O–H groups in total. The summed E-state index contributed by atoms with van der Waals surface area (Å²) in [5.74, 6) is -0.201. The van der Waals surface area contributed by atoms with Crippen LogP contribution in [0.15, 0.2) is 6.07 Å². The van der Waals surface area contributed by atoms with E-state index in [2.05, 4.69) is 15.5 Å². The molecule has 1 aliphatic heterocycles. The highest BCUT2D eigenvalue weighted by Crippen LogP contribution is 2.33. The van der Waals surface area contributed by atoms with E-state index in [1.54, 1.807) is 6.07 Å². The first-order valence-corrected chi connectivity index (χ1v) is 5.72. The van der Waals surface area contributed by atoms with Crippen molar-refractivity contribution in [1.82, 2.24) is 15.5 Å². The fraction of sp³-hybridized carbons (Fsp3) is 0.364. The molecule has 0 amide bonds. The predicted molar refractivity (Wildman–Crippen MR) is 66.4 cm³/mol. The van der Waals surface area contributed by atoms with E-state index in [0.717, 1.165) is 6.54 Å². The molecule has 18 heavy (non-hydrogen) atoms. The number of ether oxygens (including phenoxy) is 1. The molecule has 1 aliphatic rings. The third-order valence-electron chi connectivity index (χ3n) is 3.15. The second-order valence-corrected chi connectivity index (χ2v) is 4.29. The molecule has 1 saturated heterocycles. The SMILES string of the molecule is Nc1cc2c(N)n[nH]c2c(F)c1C1CNCCO1. The maximum absolute atomic E-state index is 14.4. The lowest BCUT2D eigenvalue weighted by molar-refractivity contribution is 0.0262. The molecule has 2 heterocycles. The highest BCUT2D eigenvalue weighted by Gasteiger charge is 2.25. The quantitative estimate of drug-likeness (QED) is 0.554. The van der Waals surface area contributed by atoms with Crippen molar-refractivity contribution in [2.24, 2.45) is 0 Å². The molecule has 0 saturated carbocycles. The molecule has 1 fully saturated rings. The third-order valence-corrected chi connectivity index (χ3v) is 3.15. The number of fused-ring (bicyclic) bond motifs is 1. The lowest BCUT2D eigenvalue weighted by atomic mass is 10.0. The van der Waals surface area contributed by atoms with Crippen LogP contribution in [0.1, 0.15) is 11.7 Å². The number of nitrogen functional groups attached to an aromatic ring is 2. The summed E-state index contributed by atoms with van der Waals surface area (Å²) < 4.78 is 19.9. The molecule has 1 aromatic heterocycles. The van der Waals surface area contributed by atoms with Gasteiger partial charge in [0.2, 0.25) is 0 Å². The molecular formula is C11H14FN5O. The number of H-pyrrole nitrogens is 1. The van der Waals surface area contributed by atoms with Gasteiger partial charge in [0.15, 0.2) is 11.6 Å².